The van der Waals surface area contributed by atoms with Gasteiger partial charge >= 0.3 is 12.1 Å². The standard InChI is InChI=1S/C35H42F3N3O5/c1-34(2,3)27-28(39-20-22-19-23(35(36,37)38)17-18-26(22)45-6)29(24-15-11-12-16-25(24)40(4)5)41(30(27)33(43)44)32(42)31(46-7)21-13-9-8-10-14-21/h8-19,27-31,39H,20H2,1-7H3,(H,43,44)/t27-,28-,29-,30-,31+/m0/s1. The summed E-state index contributed by atoms with van der Waals surface area (Å²) < 4.78 is 52.3. The van der Waals surface area contributed by atoms with Gasteiger partial charge in [-0.2, -0.15) is 13.2 Å². The molecular formula is C35H42F3N3O5. The number of alkyl halides is 3. The molecule has 1 saturated heterocycles. The number of carbonyl (C=O) groups is 2. The summed E-state index contributed by atoms with van der Waals surface area (Å²) >= 11 is 0. The predicted octanol–water partition coefficient (Wildman–Crippen LogP) is 6.32. The molecule has 11 heteroatoms. The van der Waals surface area contributed by atoms with Crippen molar-refractivity contribution in [3.05, 3.63) is 95.1 Å². The van der Waals surface area contributed by atoms with Crippen LogP contribution in [0.5, 0.6) is 5.75 Å². The van der Waals surface area contributed by atoms with E-state index in [4.69, 9.17) is 9.47 Å². The van der Waals surface area contributed by atoms with E-state index in [1.807, 2.05) is 70.1 Å². The topological polar surface area (TPSA) is 91.3 Å². The maximum absolute atomic E-state index is 14.7. The van der Waals surface area contributed by atoms with Gasteiger partial charge in [0, 0.05) is 51.0 Å². The van der Waals surface area contributed by atoms with Gasteiger partial charge in [0.1, 0.15) is 11.8 Å². The van der Waals surface area contributed by atoms with Gasteiger partial charge < -0.3 is 29.7 Å². The first-order valence-electron chi connectivity index (χ1n) is 15.0. The van der Waals surface area contributed by atoms with Crippen molar-refractivity contribution in [2.45, 2.75) is 57.7 Å². The fraction of sp³-hybridized carbons (Fsp3) is 0.429. The SMILES string of the molecule is COc1ccc(C(F)(F)F)cc1CN[C@H]1[C@H](C(C)(C)C)[C@@H](C(=O)O)N(C(=O)[C@H](OC)c2ccccc2)[C@H]1c1ccccc1N(C)C. The first-order valence-corrected chi connectivity index (χ1v) is 15.0. The molecule has 248 valence electrons. The minimum atomic E-state index is -4.57. The van der Waals surface area contributed by atoms with Gasteiger partial charge in [-0.15, -0.1) is 0 Å². The summed E-state index contributed by atoms with van der Waals surface area (Å²) in [4.78, 5) is 31.2. The normalized spacial score (nSPS) is 20.8. The Labute approximate surface area is 268 Å². The number of nitrogens with zero attached hydrogens (tertiary/aromatic N) is 2. The number of hydrogen-bond donors (Lipinski definition) is 2. The summed E-state index contributed by atoms with van der Waals surface area (Å²) in [7, 11) is 6.49. The molecule has 0 bridgehead atoms. The number of para-hydroxylation sites is 1. The van der Waals surface area contributed by atoms with Gasteiger partial charge in [0.05, 0.1) is 18.7 Å². The van der Waals surface area contributed by atoms with Crippen molar-refractivity contribution in [2.75, 3.05) is 33.2 Å². The molecule has 0 aromatic heterocycles. The van der Waals surface area contributed by atoms with Crippen molar-refractivity contribution in [3.63, 3.8) is 0 Å². The van der Waals surface area contributed by atoms with E-state index in [0.717, 1.165) is 17.8 Å². The zero-order chi connectivity index (χ0) is 34.0. The van der Waals surface area contributed by atoms with Gasteiger partial charge in [0.15, 0.2) is 6.10 Å². The van der Waals surface area contributed by atoms with Crippen molar-refractivity contribution in [3.8, 4) is 5.75 Å². The van der Waals surface area contributed by atoms with Gasteiger partial charge in [0.2, 0.25) is 0 Å². The fourth-order valence-electron chi connectivity index (χ4n) is 6.66. The Balaban J connectivity index is 1.94. The maximum Gasteiger partial charge on any atom is 0.416 e. The zero-order valence-electron chi connectivity index (χ0n) is 27.1. The molecule has 0 spiro atoms. The van der Waals surface area contributed by atoms with Crippen LogP contribution in [0.25, 0.3) is 0 Å². The van der Waals surface area contributed by atoms with E-state index in [1.165, 1.54) is 25.2 Å². The third-order valence-corrected chi connectivity index (χ3v) is 8.61. The predicted molar refractivity (Wildman–Crippen MR) is 170 cm³/mol. The van der Waals surface area contributed by atoms with Crippen LogP contribution in [-0.4, -0.2) is 62.3 Å². The third kappa shape index (κ3) is 7.00. The second kappa shape index (κ2) is 13.7. The van der Waals surface area contributed by atoms with Crippen LogP contribution < -0.4 is 15.0 Å². The number of halogens is 3. The van der Waals surface area contributed by atoms with Gasteiger partial charge in [0.25, 0.3) is 5.91 Å². The number of carbonyl (C=O) groups excluding carboxylic acids is 1. The van der Waals surface area contributed by atoms with Crippen LogP contribution in [0, 0.1) is 11.3 Å². The summed E-state index contributed by atoms with van der Waals surface area (Å²) in [6, 6.07) is 16.7. The van der Waals surface area contributed by atoms with E-state index >= 15 is 0 Å². The Morgan fingerprint density at radius 2 is 1.61 bits per heavy atom. The number of anilines is 1. The van der Waals surface area contributed by atoms with Crippen molar-refractivity contribution in [2.24, 2.45) is 11.3 Å². The van der Waals surface area contributed by atoms with Crippen molar-refractivity contribution in [1.82, 2.24) is 10.2 Å². The van der Waals surface area contributed by atoms with Crippen molar-refractivity contribution >= 4 is 17.6 Å². The first-order chi connectivity index (χ1) is 21.6. The lowest BCUT2D eigenvalue weighted by molar-refractivity contribution is -0.157. The minimum absolute atomic E-state index is 0.0776. The summed E-state index contributed by atoms with van der Waals surface area (Å²) in [6.45, 7) is 5.63. The summed E-state index contributed by atoms with van der Waals surface area (Å²) in [5.41, 5.74) is 0.770. The molecule has 8 nitrogen and oxygen atoms in total. The number of aliphatic carboxylic acids is 1. The first kappa shape index (κ1) is 34.8. The van der Waals surface area contributed by atoms with Crippen molar-refractivity contribution in [1.29, 1.82) is 0 Å². The summed E-state index contributed by atoms with van der Waals surface area (Å²) in [6.07, 6.45) is -5.67. The molecule has 1 aliphatic rings. The Bertz CT molecular complexity index is 1520. The number of carboxylic acids is 1. The maximum atomic E-state index is 14.7. The number of benzene rings is 3. The largest absolute Gasteiger partial charge is 0.496 e. The Kier molecular flexibility index (Phi) is 10.4. The second-order valence-electron chi connectivity index (χ2n) is 12.8. The van der Waals surface area contributed by atoms with Gasteiger partial charge in [-0.1, -0.05) is 69.3 Å². The average molecular weight is 642 g/mol. The molecule has 4 rings (SSSR count). The molecule has 0 aliphatic carbocycles. The van der Waals surface area contributed by atoms with Gasteiger partial charge in [-0.05, 0) is 40.8 Å². The number of hydrogen-bond acceptors (Lipinski definition) is 6. The highest BCUT2D eigenvalue weighted by atomic mass is 19.4. The van der Waals surface area contributed by atoms with E-state index in [0.29, 0.717) is 11.1 Å². The third-order valence-electron chi connectivity index (χ3n) is 8.61. The molecule has 1 fully saturated rings. The van der Waals surface area contributed by atoms with Crippen LogP contribution in [0.15, 0.2) is 72.8 Å². The van der Waals surface area contributed by atoms with Gasteiger partial charge in [-0.3, -0.25) is 4.79 Å². The molecule has 1 heterocycles. The summed E-state index contributed by atoms with van der Waals surface area (Å²) in [5.74, 6) is -2.15. The molecule has 3 aromatic carbocycles. The van der Waals surface area contributed by atoms with E-state index in [-0.39, 0.29) is 17.9 Å². The molecule has 1 aliphatic heterocycles. The molecule has 0 saturated carbocycles. The quantitative estimate of drug-likeness (QED) is 0.268. The van der Waals surface area contributed by atoms with E-state index in [2.05, 4.69) is 5.32 Å². The van der Waals surface area contributed by atoms with E-state index in [1.54, 1.807) is 24.3 Å². The lowest BCUT2D eigenvalue weighted by atomic mass is 9.72. The molecule has 0 radical (unpaired) electrons. The van der Waals surface area contributed by atoms with Gasteiger partial charge in [-0.25, -0.2) is 4.79 Å². The number of nitrogens with one attached hydrogen (secondary N) is 1. The zero-order valence-corrected chi connectivity index (χ0v) is 27.1. The summed E-state index contributed by atoms with van der Waals surface area (Å²) in [5, 5.41) is 14.3. The molecular weight excluding hydrogens is 599 g/mol. The minimum Gasteiger partial charge on any atom is -0.496 e. The molecule has 2 N–H and O–H groups in total. The van der Waals surface area contributed by atoms with Crippen LogP contribution >= 0.6 is 0 Å². The number of rotatable bonds is 10. The highest BCUT2D eigenvalue weighted by Crippen LogP contribution is 2.51. The van der Waals surface area contributed by atoms with Crippen LogP contribution in [0.3, 0.4) is 0 Å². The van der Waals surface area contributed by atoms with E-state index < -0.39 is 59.2 Å². The van der Waals surface area contributed by atoms with Crippen LogP contribution in [-0.2, 0) is 27.0 Å². The van der Waals surface area contributed by atoms with Crippen molar-refractivity contribution < 1.29 is 37.3 Å². The number of likely N-dealkylation sites (tertiary alicyclic amines) is 1. The molecule has 46 heavy (non-hydrogen) atoms. The lowest BCUT2D eigenvalue weighted by Gasteiger charge is -2.36. The average Bonchev–Trinajstić information content (AvgIpc) is 3.36. The van der Waals surface area contributed by atoms with Crippen LogP contribution in [0.4, 0.5) is 18.9 Å². The Hall–Kier alpha value is -4.09. The van der Waals surface area contributed by atoms with Crippen LogP contribution in [0.1, 0.15) is 55.2 Å². The molecule has 1 amide bonds. The number of methoxy groups -OCH3 is 2. The Morgan fingerprint density at radius 1 is 0.978 bits per heavy atom. The fourth-order valence-corrected chi connectivity index (χ4v) is 6.66. The monoisotopic (exact) mass is 641 g/mol. The number of ether oxygens (including phenoxy) is 2. The molecule has 0 unspecified atom stereocenters. The van der Waals surface area contributed by atoms with Crippen LogP contribution in [0.2, 0.25) is 0 Å². The second-order valence-corrected chi connectivity index (χ2v) is 12.8. The van der Waals surface area contributed by atoms with E-state index in [9.17, 15) is 27.9 Å². The molecule has 3 aromatic rings. The number of amides is 1. The molecule has 5 atom stereocenters. The number of carboxylic acid groups (broad SMARTS) is 1. The Morgan fingerprint density at radius 3 is 2.15 bits per heavy atom. The lowest BCUT2D eigenvalue weighted by Crippen LogP contribution is -2.49. The smallest absolute Gasteiger partial charge is 0.416 e. The highest BCUT2D eigenvalue weighted by molar-refractivity contribution is 5.89. The highest BCUT2D eigenvalue weighted by Gasteiger charge is 2.59.